The van der Waals surface area contributed by atoms with Gasteiger partial charge in [0.05, 0.1) is 17.1 Å². The van der Waals surface area contributed by atoms with Gasteiger partial charge in [0.2, 0.25) is 0 Å². The minimum absolute atomic E-state index is 0.0400. The molecule has 4 nitrogen and oxygen atoms in total. The van der Waals surface area contributed by atoms with E-state index in [4.69, 9.17) is 0 Å². The lowest BCUT2D eigenvalue weighted by molar-refractivity contribution is 0.0947. The van der Waals surface area contributed by atoms with Crippen LogP contribution in [-0.2, 0) is 9.84 Å². The molecule has 104 valence electrons. The summed E-state index contributed by atoms with van der Waals surface area (Å²) in [5.41, 5.74) is 1.65. The minimum Gasteiger partial charge on any atom is -0.352 e. The van der Waals surface area contributed by atoms with E-state index >= 15 is 0 Å². The first kappa shape index (κ1) is 14.5. The summed E-state index contributed by atoms with van der Waals surface area (Å²) in [6.07, 6.45) is 0.637. The van der Waals surface area contributed by atoms with Crippen molar-refractivity contribution in [2.24, 2.45) is 5.92 Å². The van der Waals surface area contributed by atoms with Crippen LogP contribution in [0.25, 0.3) is 0 Å². The molecule has 1 atom stereocenters. The number of sulfone groups is 1. The number of amides is 1. The third-order valence-electron chi connectivity index (χ3n) is 3.25. The van der Waals surface area contributed by atoms with E-state index in [1.807, 2.05) is 19.1 Å². The Hall–Kier alpha value is -0.880. The summed E-state index contributed by atoms with van der Waals surface area (Å²) in [5.74, 6) is 0.291. The van der Waals surface area contributed by atoms with E-state index in [1.54, 1.807) is 6.07 Å². The Kier molecular flexibility index (Phi) is 4.30. The predicted molar refractivity (Wildman–Crippen MR) is 78.0 cm³/mol. The zero-order chi connectivity index (χ0) is 14.0. The molecule has 1 fully saturated rings. The summed E-state index contributed by atoms with van der Waals surface area (Å²) in [4.78, 5) is 12.0. The maximum absolute atomic E-state index is 12.0. The number of carbonyl (C=O) groups excluding carboxylic acids is 1. The van der Waals surface area contributed by atoms with Crippen LogP contribution in [0.3, 0.4) is 0 Å². The number of aryl methyl sites for hydroxylation is 1. The van der Waals surface area contributed by atoms with Gasteiger partial charge in [0.25, 0.3) is 5.91 Å². The molecule has 1 aliphatic rings. The summed E-state index contributed by atoms with van der Waals surface area (Å²) in [7, 11) is -2.88. The number of rotatable bonds is 3. The summed E-state index contributed by atoms with van der Waals surface area (Å²) < 4.78 is 23.4. The van der Waals surface area contributed by atoms with E-state index in [0.717, 1.165) is 10.0 Å². The van der Waals surface area contributed by atoms with Crippen molar-refractivity contribution < 1.29 is 13.2 Å². The average Bonchev–Trinajstić information content (AvgIpc) is 2.66. The largest absolute Gasteiger partial charge is 0.352 e. The Balaban J connectivity index is 1.95. The van der Waals surface area contributed by atoms with Crippen molar-refractivity contribution in [1.29, 1.82) is 0 Å². The van der Waals surface area contributed by atoms with Gasteiger partial charge in [-0.2, -0.15) is 0 Å². The van der Waals surface area contributed by atoms with Crippen molar-refractivity contribution in [3.05, 3.63) is 33.8 Å². The highest BCUT2D eigenvalue weighted by Crippen LogP contribution is 2.20. The SMILES string of the molecule is Cc1ccc(C(=O)NCC2CCS(=O)(=O)C2)c(Br)c1. The van der Waals surface area contributed by atoms with Crippen LogP contribution in [-0.4, -0.2) is 32.4 Å². The number of halogens is 1. The minimum atomic E-state index is -2.88. The van der Waals surface area contributed by atoms with Gasteiger partial charge in [0.15, 0.2) is 9.84 Å². The summed E-state index contributed by atoms with van der Waals surface area (Å²) in [6, 6.07) is 5.52. The Morgan fingerprint density at radius 2 is 2.21 bits per heavy atom. The zero-order valence-electron chi connectivity index (χ0n) is 10.6. The van der Waals surface area contributed by atoms with Crippen molar-refractivity contribution in [2.75, 3.05) is 18.1 Å². The fraction of sp³-hybridized carbons (Fsp3) is 0.462. The van der Waals surface area contributed by atoms with Gasteiger partial charge >= 0.3 is 0 Å². The van der Waals surface area contributed by atoms with E-state index in [1.165, 1.54) is 0 Å². The number of benzene rings is 1. The van der Waals surface area contributed by atoms with E-state index in [-0.39, 0.29) is 23.3 Å². The molecule has 19 heavy (non-hydrogen) atoms. The first-order chi connectivity index (χ1) is 8.87. The molecule has 0 aliphatic carbocycles. The molecule has 0 bridgehead atoms. The smallest absolute Gasteiger partial charge is 0.252 e. The van der Waals surface area contributed by atoms with Crippen LogP contribution in [0.2, 0.25) is 0 Å². The van der Waals surface area contributed by atoms with Crippen molar-refractivity contribution in [3.8, 4) is 0 Å². The molecule has 2 rings (SSSR count). The van der Waals surface area contributed by atoms with E-state index in [0.29, 0.717) is 18.5 Å². The summed E-state index contributed by atoms with van der Waals surface area (Å²) in [6.45, 7) is 2.37. The maximum atomic E-state index is 12.0. The summed E-state index contributed by atoms with van der Waals surface area (Å²) >= 11 is 3.36. The zero-order valence-corrected chi connectivity index (χ0v) is 13.1. The van der Waals surface area contributed by atoms with Crippen LogP contribution >= 0.6 is 15.9 Å². The lowest BCUT2D eigenvalue weighted by Crippen LogP contribution is -2.30. The number of nitrogens with one attached hydrogen (secondary N) is 1. The molecule has 1 saturated heterocycles. The van der Waals surface area contributed by atoms with Crippen molar-refractivity contribution in [1.82, 2.24) is 5.32 Å². The van der Waals surface area contributed by atoms with Gasteiger partial charge in [-0.1, -0.05) is 6.07 Å². The molecule has 0 aromatic heterocycles. The van der Waals surface area contributed by atoms with Crippen molar-refractivity contribution >= 4 is 31.7 Å². The van der Waals surface area contributed by atoms with Crippen LogP contribution in [0.1, 0.15) is 22.3 Å². The molecular formula is C13H16BrNO3S. The highest BCUT2D eigenvalue weighted by molar-refractivity contribution is 9.10. The van der Waals surface area contributed by atoms with Crippen molar-refractivity contribution in [3.63, 3.8) is 0 Å². The fourth-order valence-electron chi connectivity index (χ4n) is 2.17. The molecule has 1 aliphatic heterocycles. The molecule has 0 saturated carbocycles. The van der Waals surface area contributed by atoms with Gasteiger partial charge < -0.3 is 5.32 Å². The normalized spacial score (nSPS) is 21.3. The van der Waals surface area contributed by atoms with Gasteiger partial charge in [-0.3, -0.25) is 4.79 Å². The van der Waals surface area contributed by atoms with Gasteiger partial charge in [0, 0.05) is 11.0 Å². The van der Waals surface area contributed by atoms with E-state index < -0.39 is 9.84 Å². The number of hydrogen-bond donors (Lipinski definition) is 1. The molecular weight excluding hydrogens is 330 g/mol. The second-order valence-electron chi connectivity index (χ2n) is 4.96. The molecule has 1 unspecified atom stereocenters. The highest BCUT2D eigenvalue weighted by atomic mass is 79.9. The van der Waals surface area contributed by atoms with Crippen LogP contribution in [0, 0.1) is 12.8 Å². The molecule has 6 heteroatoms. The number of hydrogen-bond acceptors (Lipinski definition) is 3. The quantitative estimate of drug-likeness (QED) is 0.910. The molecule has 1 heterocycles. The topological polar surface area (TPSA) is 63.2 Å². The molecule has 1 N–H and O–H groups in total. The Morgan fingerprint density at radius 3 is 2.79 bits per heavy atom. The van der Waals surface area contributed by atoms with Gasteiger partial charge in [-0.15, -0.1) is 0 Å². The average molecular weight is 346 g/mol. The Labute approximate surface area is 121 Å². The van der Waals surface area contributed by atoms with Crippen LogP contribution in [0.15, 0.2) is 22.7 Å². The Morgan fingerprint density at radius 1 is 1.47 bits per heavy atom. The standard InChI is InChI=1S/C13H16BrNO3S/c1-9-2-3-11(12(14)6-9)13(16)15-7-10-4-5-19(17,18)8-10/h2-3,6,10H,4-5,7-8H2,1H3,(H,15,16). The molecule has 1 aromatic rings. The van der Waals surface area contributed by atoms with Gasteiger partial charge in [-0.05, 0) is 52.9 Å². The molecule has 0 radical (unpaired) electrons. The fourth-order valence-corrected chi connectivity index (χ4v) is 4.70. The Bertz CT molecular complexity index is 598. The maximum Gasteiger partial charge on any atom is 0.252 e. The monoisotopic (exact) mass is 345 g/mol. The highest BCUT2D eigenvalue weighted by Gasteiger charge is 2.28. The van der Waals surface area contributed by atoms with Crippen molar-refractivity contribution in [2.45, 2.75) is 13.3 Å². The van der Waals surface area contributed by atoms with Crippen LogP contribution in [0.5, 0.6) is 0 Å². The summed E-state index contributed by atoms with van der Waals surface area (Å²) in [5, 5.41) is 2.81. The van der Waals surface area contributed by atoms with Gasteiger partial charge in [0.1, 0.15) is 0 Å². The number of carbonyl (C=O) groups is 1. The molecule has 1 aromatic carbocycles. The third kappa shape index (κ3) is 3.79. The third-order valence-corrected chi connectivity index (χ3v) is 5.74. The lowest BCUT2D eigenvalue weighted by Gasteiger charge is -2.11. The first-order valence-corrected chi connectivity index (χ1v) is 8.73. The first-order valence-electron chi connectivity index (χ1n) is 6.12. The predicted octanol–water partition coefficient (Wildman–Crippen LogP) is 1.92. The van der Waals surface area contributed by atoms with Gasteiger partial charge in [-0.25, -0.2) is 8.42 Å². The van der Waals surface area contributed by atoms with Crippen LogP contribution in [0.4, 0.5) is 0 Å². The molecule has 0 spiro atoms. The second-order valence-corrected chi connectivity index (χ2v) is 8.05. The lowest BCUT2D eigenvalue weighted by atomic mass is 10.1. The van der Waals surface area contributed by atoms with Crippen LogP contribution < -0.4 is 5.32 Å². The second kappa shape index (κ2) is 5.63. The van der Waals surface area contributed by atoms with E-state index in [9.17, 15) is 13.2 Å². The van der Waals surface area contributed by atoms with E-state index in [2.05, 4.69) is 21.2 Å². The molecule has 1 amide bonds.